The maximum absolute atomic E-state index is 9.55. The van der Waals surface area contributed by atoms with E-state index in [9.17, 15) is 14.9 Å². The summed E-state index contributed by atoms with van der Waals surface area (Å²) >= 11 is 0. The molecule has 0 atom stereocenters. The summed E-state index contributed by atoms with van der Waals surface area (Å²) in [5.41, 5.74) is 2.01. The van der Waals surface area contributed by atoms with E-state index in [-0.39, 0.29) is 0 Å². The van der Waals surface area contributed by atoms with Crippen LogP contribution in [0.15, 0.2) is 49.1 Å². The Morgan fingerprint density at radius 1 is 1.07 bits per heavy atom. The number of nitrogens with zero attached hydrogens (tertiary/aromatic N) is 5. The van der Waals surface area contributed by atoms with Gasteiger partial charge in [-0.1, -0.05) is 18.2 Å². The van der Waals surface area contributed by atoms with E-state index in [2.05, 4.69) is 32.4 Å². The molecule has 9 nitrogen and oxygen atoms in total. The van der Waals surface area contributed by atoms with Crippen LogP contribution in [0.5, 0.6) is 0 Å². The van der Waals surface area contributed by atoms with Crippen LogP contribution in [0.25, 0.3) is 11.0 Å². The van der Waals surface area contributed by atoms with Crippen LogP contribution in [-0.4, -0.2) is 69.7 Å². The number of para-hydroxylation sites is 2. The van der Waals surface area contributed by atoms with Gasteiger partial charge in [-0.15, -0.1) is 6.58 Å². The predicted octanol–water partition coefficient (Wildman–Crippen LogP) is 1.52. The molecule has 1 aliphatic heterocycles. The van der Waals surface area contributed by atoms with Crippen molar-refractivity contribution in [1.29, 1.82) is 5.26 Å². The predicted molar refractivity (Wildman–Crippen MR) is 108 cm³/mol. The number of piperazine rings is 1. The van der Waals surface area contributed by atoms with Crippen LogP contribution in [0.4, 0.5) is 5.82 Å². The highest BCUT2D eigenvalue weighted by atomic mass is 16.4. The zero-order chi connectivity index (χ0) is 21.2. The summed E-state index contributed by atoms with van der Waals surface area (Å²) in [6.07, 6.45) is 3.04. The summed E-state index contributed by atoms with van der Waals surface area (Å²) in [5, 5.41) is 25.0. The van der Waals surface area contributed by atoms with Crippen molar-refractivity contribution < 1.29 is 19.8 Å². The van der Waals surface area contributed by atoms with Crippen LogP contribution >= 0.6 is 0 Å². The zero-order valence-corrected chi connectivity index (χ0v) is 15.7. The minimum absolute atomic E-state index is 0.408. The number of fused-ring (bicyclic) bond motifs is 1. The monoisotopic (exact) mass is 395 g/mol. The number of carboxylic acid groups (broad SMARTS) is 2. The number of nitriles is 1. The number of aromatic nitrogens is 2. The Hall–Kier alpha value is -3.77. The van der Waals surface area contributed by atoms with Crippen LogP contribution in [0.3, 0.4) is 0 Å². The van der Waals surface area contributed by atoms with Crippen LogP contribution in [0.1, 0.15) is 5.69 Å². The Balaban J connectivity index is 0.000000321. The first-order valence-electron chi connectivity index (χ1n) is 8.83. The normalized spacial score (nSPS) is 14.1. The van der Waals surface area contributed by atoms with Gasteiger partial charge in [0.15, 0.2) is 11.5 Å². The van der Waals surface area contributed by atoms with Gasteiger partial charge in [-0.3, -0.25) is 4.90 Å². The van der Waals surface area contributed by atoms with E-state index in [0.29, 0.717) is 23.7 Å². The maximum Gasteiger partial charge on any atom is 0.328 e. The molecular weight excluding hydrogens is 374 g/mol. The van der Waals surface area contributed by atoms with Crippen LogP contribution < -0.4 is 4.90 Å². The van der Waals surface area contributed by atoms with Gasteiger partial charge in [0.05, 0.1) is 11.0 Å². The van der Waals surface area contributed by atoms with Crippen molar-refractivity contribution >= 4 is 28.8 Å². The van der Waals surface area contributed by atoms with Crippen LogP contribution in [0, 0.1) is 11.3 Å². The molecule has 1 aliphatic rings. The molecule has 2 aromatic rings. The first-order valence-corrected chi connectivity index (χ1v) is 8.83. The molecule has 9 heteroatoms. The highest BCUT2D eigenvalue weighted by Crippen LogP contribution is 2.21. The number of aliphatic carboxylic acids is 2. The van der Waals surface area contributed by atoms with Gasteiger partial charge >= 0.3 is 11.9 Å². The molecule has 0 spiro atoms. The second-order valence-corrected chi connectivity index (χ2v) is 6.08. The van der Waals surface area contributed by atoms with Gasteiger partial charge in [0.1, 0.15) is 6.07 Å². The fourth-order valence-electron chi connectivity index (χ4n) is 2.75. The van der Waals surface area contributed by atoms with Crippen LogP contribution in [0.2, 0.25) is 0 Å². The smallest absolute Gasteiger partial charge is 0.328 e. The number of rotatable bonds is 5. The Labute approximate surface area is 167 Å². The summed E-state index contributed by atoms with van der Waals surface area (Å²) in [6.45, 7) is 8.29. The lowest BCUT2D eigenvalue weighted by atomic mass is 10.2. The molecule has 3 rings (SSSR count). The largest absolute Gasteiger partial charge is 0.478 e. The molecule has 0 aliphatic carbocycles. The Morgan fingerprint density at radius 3 is 2.10 bits per heavy atom. The van der Waals surface area contributed by atoms with Crippen molar-refractivity contribution in [1.82, 2.24) is 14.9 Å². The summed E-state index contributed by atoms with van der Waals surface area (Å²) in [4.78, 5) is 32.7. The topological polar surface area (TPSA) is 131 Å². The minimum Gasteiger partial charge on any atom is -0.478 e. The molecule has 0 unspecified atom stereocenters. The molecule has 1 fully saturated rings. The van der Waals surface area contributed by atoms with E-state index < -0.39 is 11.9 Å². The molecule has 1 saturated heterocycles. The SMILES string of the molecule is C=CCN1CCN(c2nc3ccccc3nc2C#N)CC1.O=C(O)/C=C\C(=O)O. The van der Waals surface area contributed by atoms with E-state index >= 15 is 0 Å². The van der Waals surface area contributed by atoms with Gasteiger partial charge in [-0.25, -0.2) is 19.6 Å². The van der Waals surface area contributed by atoms with Crippen molar-refractivity contribution in [3.05, 3.63) is 54.8 Å². The molecule has 29 heavy (non-hydrogen) atoms. The lowest BCUT2D eigenvalue weighted by Gasteiger charge is -2.35. The second kappa shape index (κ2) is 10.5. The molecule has 1 aromatic carbocycles. The lowest BCUT2D eigenvalue weighted by molar-refractivity contribution is -0.134. The summed E-state index contributed by atoms with van der Waals surface area (Å²) in [6, 6.07) is 9.84. The molecule has 0 saturated carbocycles. The molecule has 150 valence electrons. The molecule has 0 radical (unpaired) electrons. The summed E-state index contributed by atoms with van der Waals surface area (Å²) in [5.74, 6) is -1.81. The van der Waals surface area contributed by atoms with Gasteiger partial charge in [0.25, 0.3) is 0 Å². The van der Waals surface area contributed by atoms with Crippen molar-refractivity contribution in [2.24, 2.45) is 0 Å². The zero-order valence-electron chi connectivity index (χ0n) is 15.7. The Bertz CT molecular complexity index is 943. The quantitative estimate of drug-likeness (QED) is 0.571. The number of hydrogen-bond acceptors (Lipinski definition) is 7. The van der Waals surface area contributed by atoms with Crippen LogP contribution in [-0.2, 0) is 9.59 Å². The second-order valence-electron chi connectivity index (χ2n) is 6.08. The third-order valence-electron chi connectivity index (χ3n) is 4.09. The average Bonchev–Trinajstić information content (AvgIpc) is 2.72. The van der Waals surface area contributed by atoms with Gasteiger partial charge in [0, 0.05) is 44.9 Å². The lowest BCUT2D eigenvalue weighted by Crippen LogP contribution is -2.47. The third kappa shape index (κ3) is 6.41. The van der Waals surface area contributed by atoms with E-state index in [1.807, 2.05) is 30.3 Å². The van der Waals surface area contributed by atoms with E-state index in [0.717, 1.165) is 43.8 Å². The van der Waals surface area contributed by atoms with Gasteiger partial charge in [0.2, 0.25) is 0 Å². The molecule has 0 amide bonds. The third-order valence-corrected chi connectivity index (χ3v) is 4.09. The molecule has 2 heterocycles. The number of benzene rings is 1. The van der Waals surface area contributed by atoms with Gasteiger partial charge in [-0.05, 0) is 12.1 Å². The standard InChI is InChI=1S/C16H17N5.C4H4O4/c1-2-7-20-8-10-21(11-9-20)16-15(12-17)18-13-5-3-4-6-14(13)19-16;5-3(6)1-2-4(7)8/h2-6H,1,7-11H2;1-2H,(H,5,6)(H,7,8)/b;2-1-. The number of carboxylic acids is 2. The fourth-order valence-corrected chi connectivity index (χ4v) is 2.75. The summed E-state index contributed by atoms with van der Waals surface area (Å²) in [7, 11) is 0. The van der Waals surface area contributed by atoms with E-state index in [4.69, 9.17) is 10.2 Å². The first-order chi connectivity index (χ1) is 13.9. The molecular formula is C20H21N5O4. The van der Waals surface area contributed by atoms with Crippen molar-refractivity contribution in [3.63, 3.8) is 0 Å². The van der Waals surface area contributed by atoms with E-state index in [1.54, 1.807) is 0 Å². The average molecular weight is 395 g/mol. The Kier molecular flexibility index (Phi) is 7.82. The van der Waals surface area contributed by atoms with Gasteiger partial charge in [-0.2, -0.15) is 5.26 Å². The molecule has 2 N–H and O–H groups in total. The highest BCUT2D eigenvalue weighted by Gasteiger charge is 2.21. The molecule has 0 bridgehead atoms. The fraction of sp³-hybridized carbons (Fsp3) is 0.250. The number of anilines is 1. The maximum atomic E-state index is 9.55. The highest BCUT2D eigenvalue weighted by molar-refractivity contribution is 5.89. The van der Waals surface area contributed by atoms with Gasteiger partial charge < -0.3 is 15.1 Å². The van der Waals surface area contributed by atoms with E-state index in [1.165, 1.54) is 0 Å². The number of hydrogen-bond donors (Lipinski definition) is 2. The number of carbonyl (C=O) groups is 2. The van der Waals surface area contributed by atoms with Crippen molar-refractivity contribution in [2.75, 3.05) is 37.6 Å². The Morgan fingerprint density at radius 2 is 1.62 bits per heavy atom. The first kappa shape index (κ1) is 21.5. The molecule has 1 aromatic heterocycles. The summed E-state index contributed by atoms with van der Waals surface area (Å²) < 4.78 is 0. The van der Waals surface area contributed by atoms with Crippen molar-refractivity contribution in [3.8, 4) is 6.07 Å². The van der Waals surface area contributed by atoms with Crippen molar-refractivity contribution in [2.45, 2.75) is 0 Å². The minimum atomic E-state index is -1.26.